The molecule has 0 aliphatic carbocycles. The molecule has 8 nitrogen and oxygen atoms in total. The monoisotopic (exact) mass is 532 g/mol. The molecule has 1 aromatic heterocycles. The Hall–Kier alpha value is -2.93. The molecule has 0 bridgehead atoms. The summed E-state index contributed by atoms with van der Waals surface area (Å²) in [4.78, 5) is 21.6. The standard InChI is InChI=1S/C14H21FN4S.C7H5F3N2O2.C2H6/c1-14(2)13(16)18-12(8-19(4)20-14)10-7-9(17-3)5-6-11(10)15;8-7(9,10)4-14-6-2-11-5(3-13)1-12-6;1-2/h5-7,12,17H,8H2,1-4H3,(H2,16,18);1-3H,4H2;1-2H3. The lowest BCUT2D eigenvalue weighted by atomic mass is 10.0. The van der Waals surface area contributed by atoms with Crippen LogP contribution in [0.1, 0.15) is 49.8 Å². The summed E-state index contributed by atoms with van der Waals surface area (Å²) in [7, 11) is 3.79. The number of carbonyl (C=O) groups is 1. The van der Waals surface area contributed by atoms with Crippen LogP contribution in [0.3, 0.4) is 0 Å². The van der Waals surface area contributed by atoms with Gasteiger partial charge < -0.3 is 15.8 Å². The number of amidine groups is 1. The Balaban J connectivity index is 0.000000356. The Kier molecular flexibility index (Phi) is 12.1. The molecule has 1 aromatic carbocycles. The van der Waals surface area contributed by atoms with Gasteiger partial charge in [0.2, 0.25) is 5.88 Å². The molecule has 3 rings (SSSR count). The number of nitrogens with zero attached hydrogens (tertiary/aromatic N) is 4. The summed E-state index contributed by atoms with van der Waals surface area (Å²) in [6.45, 7) is 7.24. The van der Waals surface area contributed by atoms with E-state index >= 15 is 0 Å². The van der Waals surface area contributed by atoms with Crippen molar-refractivity contribution in [2.24, 2.45) is 10.7 Å². The van der Waals surface area contributed by atoms with E-state index in [0.29, 0.717) is 24.2 Å². The van der Waals surface area contributed by atoms with E-state index in [1.54, 1.807) is 24.1 Å². The van der Waals surface area contributed by atoms with E-state index < -0.39 is 12.8 Å². The summed E-state index contributed by atoms with van der Waals surface area (Å²) in [5, 5.41) is 3.02. The number of rotatable bonds is 5. The molecule has 1 aliphatic heterocycles. The number of aliphatic imine (C=N–C) groups is 1. The van der Waals surface area contributed by atoms with Crippen LogP contribution < -0.4 is 15.8 Å². The van der Waals surface area contributed by atoms with Crippen molar-refractivity contribution in [3.05, 3.63) is 47.7 Å². The number of ether oxygens (including phenoxy) is 1. The molecule has 0 saturated heterocycles. The van der Waals surface area contributed by atoms with Gasteiger partial charge in [0.1, 0.15) is 17.3 Å². The lowest BCUT2D eigenvalue weighted by Crippen LogP contribution is -2.36. The number of carbonyl (C=O) groups excluding carboxylic acids is 1. The third-order valence-electron chi connectivity index (χ3n) is 4.52. The van der Waals surface area contributed by atoms with Crippen LogP contribution in [0.5, 0.6) is 5.88 Å². The Morgan fingerprint density at radius 3 is 2.47 bits per heavy atom. The molecule has 2 heterocycles. The molecule has 0 saturated carbocycles. The van der Waals surface area contributed by atoms with Crippen LogP contribution in [0.4, 0.5) is 23.2 Å². The normalized spacial score (nSPS) is 17.3. The topological polar surface area (TPSA) is 106 Å². The van der Waals surface area contributed by atoms with E-state index in [-0.39, 0.29) is 28.2 Å². The first-order valence-electron chi connectivity index (χ1n) is 11.0. The van der Waals surface area contributed by atoms with Crippen molar-refractivity contribution in [3.63, 3.8) is 0 Å². The molecule has 3 N–H and O–H groups in total. The first-order chi connectivity index (χ1) is 16.8. The molecular formula is C23H32F4N6O2S. The number of halogens is 4. The number of likely N-dealkylation sites (N-methyl/N-ethyl adjacent to an activating group) is 1. The second-order valence-corrected chi connectivity index (χ2v) is 9.56. The van der Waals surface area contributed by atoms with Crippen LogP contribution in [0.25, 0.3) is 0 Å². The first kappa shape index (κ1) is 31.1. The minimum Gasteiger partial charge on any atom is -0.467 e. The number of alkyl halides is 3. The van der Waals surface area contributed by atoms with Crippen molar-refractivity contribution >= 4 is 29.8 Å². The van der Waals surface area contributed by atoms with Gasteiger partial charge in [0.15, 0.2) is 12.9 Å². The van der Waals surface area contributed by atoms with Gasteiger partial charge in [-0.3, -0.25) is 14.1 Å². The second-order valence-electron chi connectivity index (χ2n) is 7.73. The zero-order chi connectivity index (χ0) is 27.5. The van der Waals surface area contributed by atoms with Crippen molar-refractivity contribution in [2.45, 2.75) is 44.7 Å². The number of anilines is 1. The van der Waals surface area contributed by atoms with E-state index in [2.05, 4.69) is 29.3 Å². The number of hydrogen-bond acceptors (Lipinski definition) is 9. The minimum absolute atomic E-state index is 0.0318. The van der Waals surface area contributed by atoms with E-state index in [9.17, 15) is 22.4 Å². The third-order valence-corrected chi connectivity index (χ3v) is 5.65. The summed E-state index contributed by atoms with van der Waals surface area (Å²) < 4.78 is 55.1. The van der Waals surface area contributed by atoms with Gasteiger partial charge in [0, 0.05) is 24.8 Å². The van der Waals surface area contributed by atoms with Crippen molar-refractivity contribution in [3.8, 4) is 5.88 Å². The highest BCUT2D eigenvalue weighted by atomic mass is 32.2. The Morgan fingerprint density at radius 1 is 1.28 bits per heavy atom. The molecule has 0 radical (unpaired) electrons. The molecule has 2 aromatic rings. The predicted molar refractivity (Wildman–Crippen MR) is 135 cm³/mol. The Morgan fingerprint density at radius 2 is 1.94 bits per heavy atom. The number of aldehydes is 1. The minimum atomic E-state index is -4.41. The summed E-state index contributed by atoms with van der Waals surface area (Å²) in [5.74, 6) is 0.0303. The van der Waals surface area contributed by atoms with Gasteiger partial charge in [-0.15, -0.1) is 0 Å². The van der Waals surface area contributed by atoms with Gasteiger partial charge in [-0.05, 0) is 39.1 Å². The molecule has 1 unspecified atom stereocenters. The average molecular weight is 533 g/mol. The molecular weight excluding hydrogens is 500 g/mol. The van der Waals surface area contributed by atoms with E-state index in [0.717, 1.165) is 18.1 Å². The van der Waals surface area contributed by atoms with Crippen LogP contribution in [0.15, 0.2) is 35.6 Å². The summed E-state index contributed by atoms with van der Waals surface area (Å²) >= 11 is 1.63. The average Bonchev–Trinajstić information content (AvgIpc) is 2.93. The molecule has 36 heavy (non-hydrogen) atoms. The second kappa shape index (κ2) is 14.0. The molecule has 0 fully saturated rings. The van der Waals surface area contributed by atoms with Gasteiger partial charge in [-0.2, -0.15) is 13.2 Å². The number of nitrogens with one attached hydrogen (secondary N) is 1. The maximum atomic E-state index is 14.1. The maximum Gasteiger partial charge on any atom is 0.422 e. The highest BCUT2D eigenvalue weighted by molar-refractivity contribution is 7.99. The highest BCUT2D eigenvalue weighted by Gasteiger charge is 2.32. The SMILES string of the molecule is CC.CNc1ccc(F)c(C2CN(C)SC(C)(C)C(N)=N2)c1.O=Cc1cnc(OCC(F)(F)F)cn1. The summed E-state index contributed by atoms with van der Waals surface area (Å²) in [5.41, 5.74) is 7.56. The molecule has 0 amide bonds. The van der Waals surface area contributed by atoms with E-state index in [4.69, 9.17) is 5.73 Å². The lowest BCUT2D eigenvalue weighted by Gasteiger charge is -2.25. The Bertz CT molecular complexity index is 1000. The van der Waals surface area contributed by atoms with Gasteiger partial charge in [0.05, 0.1) is 23.2 Å². The van der Waals surface area contributed by atoms with Crippen molar-refractivity contribution in [1.29, 1.82) is 0 Å². The largest absolute Gasteiger partial charge is 0.467 e. The molecule has 0 spiro atoms. The molecule has 200 valence electrons. The van der Waals surface area contributed by atoms with Gasteiger partial charge in [0.25, 0.3) is 0 Å². The van der Waals surface area contributed by atoms with Crippen LogP contribution in [-0.4, -0.2) is 64.6 Å². The van der Waals surface area contributed by atoms with E-state index in [1.165, 1.54) is 6.07 Å². The van der Waals surface area contributed by atoms with Gasteiger partial charge in [-0.1, -0.05) is 25.8 Å². The summed E-state index contributed by atoms with van der Waals surface area (Å²) in [6, 6.07) is 4.69. The maximum absolute atomic E-state index is 14.1. The van der Waals surface area contributed by atoms with Gasteiger partial charge in [-0.25, -0.2) is 14.4 Å². The van der Waals surface area contributed by atoms with Crippen LogP contribution in [0.2, 0.25) is 0 Å². The fourth-order valence-electron chi connectivity index (χ4n) is 2.82. The number of nitrogens with two attached hydrogens (primary N) is 1. The van der Waals surface area contributed by atoms with Crippen molar-refractivity contribution < 1.29 is 27.1 Å². The smallest absolute Gasteiger partial charge is 0.422 e. The molecule has 1 aliphatic rings. The Labute approximate surface area is 212 Å². The number of benzene rings is 1. The fourth-order valence-corrected chi connectivity index (χ4v) is 3.96. The molecule has 13 heteroatoms. The predicted octanol–water partition coefficient (Wildman–Crippen LogP) is 4.89. The number of hydrogen-bond donors (Lipinski definition) is 2. The van der Waals surface area contributed by atoms with Crippen LogP contribution in [-0.2, 0) is 0 Å². The quantitative estimate of drug-likeness (QED) is 0.319. The van der Waals surface area contributed by atoms with Crippen molar-refractivity contribution in [1.82, 2.24) is 14.3 Å². The first-order valence-corrected chi connectivity index (χ1v) is 11.8. The highest BCUT2D eigenvalue weighted by Crippen LogP contribution is 2.35. The fraction of sp³-hybridized carbons (Fsp3) is 0.478. The van der Waals surface area contributed by atoms with Crippen LogP contribution in [0, 0.1) is 5.82 Å². The number of aromatic nitrogens is 2. The molecule has 1 atom stereocenters. The van der Waals surface area contributed by atoms with Crippen molar-refractivity contribution in [2.75, 3.05) is 32.6 Å². The van der Waals surface area contributed by atoms with E-state index in [1.807, 2.05) is 41.8 Å². The van der Waals surface area contributed by atoms with Crippen LogP contribution >= 0.6 is 11.9 Å². The third kappa shape index (κ3) is 9.97. The van der Waals surface area contributed by atoms with Gasteiger partial charge >= 0.3 is 6.18 Å². The zero-order valence-corrected chi connectivity index (χ0v) is 21.9. The lowest BCUT2D eigenvalue weighted by molar-refractivity contribution is -0.154. The zero-order valence-electron chi connectivity index (χ0n) is 21.1. The summed E-state index contributed by atoms with van der Waals surface area (Å²) in [6.07, 6.45) is -2.00.